The average Bonchev–Trinajstić information content (AvgIpc) is 3.36. The second-order valence-corrected chi connectivity index (χ2v) is 6.46. The molecule has 1 saturated carbocycles. The maximum atomic E-state index is 13.3. The van der Waals surface area contributed by atoms with Crippen molar-refractivity contribution in [2.75, 3.05) is 6.61 Å². The minimum absolute atomic E-state index is 0.0194. The van der Waals surface area contributed by atoms with Crippen molar-refractivity contribution in [3.63, 3.8) is 0 Å². The van der Waals surface area contributed by atoms with Gasteiger partial charge in [0.25, 0.3) is 5.91 Å². The number of ether oxygens (including phenoxy) is 1. The van der Waals surface area contributed by atoms with Crippen LogP contribution in [-0.4, -0.2) is 23.5 Å². The molecule has 0 radical (unpaired) electrons. The zero-order valence-corrected chi connectivity index (χ0v) is 14.1. The van der Waals surface area contributed by atoms with Crippen molar-refractivity contribution < 1.29 is 13.9 Å². The molecule has 5 heteroatoms. The van der Waals surface area contributed by atoms with Gasteiger partial charge in [-0.3, -0.25) is 4.79 Å². The van der Waals surface area contributed by atoms with Crippen LogP contribution in [-0.2, 0) is 11.3 Å². The van der Waals surface area contributed by atoms with E-state index in [1.165, 1.54) is 12.1 Å². The third-order valence-electron chi connectivity index (χ3n) is 3.74. The predicted molar refractivity (Wildman–Crippen MR) is 89.6 cm³/mol. The summed E-state index contributed by atoms with van der Waals surface area (Å²) in [6.45, 7) is 0.398. The maximum absolute atomic E-state index is 13.3. The molecule has 0 heterocycles. The highest BCUT2D eigenvalue weighted by molar-refractivity contribution is 9.10. The van der Waals surface area contributed by atoms with Gasteiger partial charge in [0.1, 0.15) is 11.6 Å². The Hall–Kier alpha value is -1.88. The second kappa shape index (κ2) is 7.13. The standard InChI is InChI=1S/C18H17BrFNO2/c19-16-6-1-2-7-17(16)23-12-18(22)21(15-8-9-15)11-13-4-3-5-14(20)10-13/h1-7,10,15H,8-9,11-12H2. The highest BCUT2D eigenvalue weighted by Crippen LogP contribution is 2.29. The van der Waals surface area contributed by atoms with Crippen LogP contribution in [0.4, 0.5) is 4.39 Å². The van der Waals surface area contributed by atoms with Gasteiger partial charge >= 0.3 is 0 Å². The van der Waals surface area contributed by atoms with Gasteiger partial charge in [-0.2, -0.15) is 0 Å². The van der Waals surface area contributed by atoms with E-state index in [2.05, 4.69) is 15.9 Å². The van der Waals surface area contributed by atoms with Crippen molar-refractivity contribution in [3.8, 4) is 5.75 Å². The van der Waals surface area contributed by atoms with Gasteiger partial charge in [0, 0.05) is 12.6 Å². The number of hydrogen-bond acceptors (Lipinski definition) is 2. The Morgan fingerprint density at radius 3 is 2.70 bits per heavy atom. The molecule has 1 fully saturated rings. The van der Waals surface area contributed by atoms with Crippen LogP contribution in [0.15, 0.2) is 53.0 Å². The molecule has 0 saturated heterocycles. The van der Waals surface area contributed by atoms with Crippen LogP contribution >= 0.6 is 15.9 Å². The molecule has 2 aromatic carbocycles. The minimum Gasteiger partial charge on any atom is -0.483 e. The van der Waals surface area contributed by atoms with Crippen molar-refractivity contribution in [1.82, 2.24) is 4.90 Å². The van der Waals surface area contributed by atoms with Crippen molar-refractivity contribution in [3.05, 3.63) is 64.4 Å². The van der Waals surface area contributed by atoms with Crippen LogP contribution in [0.2, 0.25) is 0 Å². The summed E-state index contributed by atoms with van der Waals surface area (Å²) < 4.78 is 19.7. The summed E-state index contributed by atoms with van der Waals surface area (Å²) in [5, 5.41) is 0. The summed E-state index contributed by atoms with van der Waals surface area (Å²) >= 11 is 3.39. The molecule has 2 aromatic rings. The molecule has 1 aliphatic rings. The van der Waals surface area contributed by atoms with Gasteiger partial charge in [-0.15, -0.1) is 0 Å². The molecule has 0 atom stereocenters. The topological polar surface area (TPSA) is 29.5 Å². The molecule has 0 unspecified atom stereocenters. The van der Waals surface area contributed by atoms with E-state index in [0.717, 1.165) is 22.9 Å². The molecule has 120 valence electrons. The van der Waals surface area contributed by atoms with Crippen molar-refractivity contribution >= 4 is 21.8 Å². The number of nitrogens with zero attached hydrogens (tertiary/aromatic N) is 1. The Morgan fingerprint density at radius 2 is 2.00 bits per heavy atom. The lowest BCUT2D eigenvalue weighted by Gasteiger charge is -2.23. The first-order chi connectivity index (χ1) is 11.1. The quantitative estimate of drug-likeness (QED) is 0.756. The SMILES string of the molecule is O=C(COc1ccccc1Br)N(Cc1cccc(F)c1)C1CC1. The number of carbonyl (C=O) groups excluding carboxylic acids is 1. The lowest BCUT2D eigenvalue weighted by atomic mass is 10.2. The lowest BCUT2D eigenvalue weighted by Crippen LogP contribution is -2.36. The van der Waals surface area contributed by atoms with Crippen molar-refractivity contribution in [2.24, 2.45) is 0 Å². The normalized spacial score (nSPS) is 13.7. The van der Waals surface area contributed by atoms with Crippen LogP contribution in [0.25, 0.3) is 0 Å². The van der Waals surface area contributed by atoms with Crippen LogP contribution in [0, 0.1) is 5.82 Å². The molecule has 1 aliphatic carbocycles. The average molecular weight is 378 g/mol. The van der Waals surface area contributed by atoms with Crippen LogP contribution in [0.3, 0.4) is 0 Å². The third-order valence-corrected chi connectivity index (χ3v) is 4.39. The van der Waals surface area contributed by atoms with E-state index in [0.29, 0.717) is 12.3 Å². The number of para-hydroxylation sites is 1. The summed E-state index contributed by atoms with van der Waals surface area (Å²) in [7, 11) is 0. The van der Waals surface area contributed by atoms with E-state index in [1.807, 2.05) is 30.3 Å². The number of rotatable bonds is 6. The van der Waals surface area contributed by atoms with Crippen LogP contribution < -0.4 is 4.74 Å². The fourth-order valence-electron chi connectivity index (χ4n) is 2.42. The van der Waals surface area contributed by atoms with Crippen LogP contribution in [0.1, 0.15) is 18.4 Å². The molecular formula is C18H17BrFNO2. The number of hydrogen-bond donors (Lipinski definition) is 0. The second-order valence-electron chi connectivity index (χ2n) is 5.60. The first-order valence-electron chi connectivity index (χ1n) is 7.55. The fourth-order valence-corrected chi connectivity index (χ4v) is 2.82. The molecule has 0 bridgehead atoms. The largest absolute Gasteiger partial charge is 0.483 e. The van der Waals surface area contributed by atoms with E-state index in [-0.39, 0.29) is 24.4 Å². The molecule has 0 aromatic heterocycles. The molecule has 0 spiro atoms. The van der Waals surface area contributed by atoms with Gasteiger partial charge in [0.2, 0.25) is 0 Å². The zero-order chi connectivity index (χ0) is 16.2. The predicted octanol–water partition coefficient (Wildman–Crippen LogP) is 4.16. The Labute approximate surface area is 143 Å². The maximum Gasteiger partial charge on any atom is 0.261 e. The van der Waals surface area contributed by atoms with E-state index in [4.69, 9.17) is 4.74 Å². The number of benzene rings is 2. The summed E-state index contributed by atoms with van der Waals surface area (Å²) in [5.41, 5.74) is 0.797. The number of amides is 1. The zero-order valence-electron chi connectivity index (χ0n) is 12.5. The third kappa shape index (κ3) is 4.32. The van der Waals surface area contributed by atoms with E-state index >= 15 is 0 Å². The Bertz CT molecular complexity index is 703. The van der Waals surface area contributed by atoms with E-state index in [9.17, 15) is 9.18 Å². The summed E-state index contributed by atoms with van der Waals surface area (Å²) in [4.78, 5) is 14.3. The van der Waals surface area contributed by atoms with E-state index in [1.54, 1.807) is 11.0 Å². The highest BCUT2D eigenvalue weighted by Gasteiger charge is 2.32. The Morgan fingerprint density at radius 1 is 1.22 bits per heavy atom. The van der Waals surface area contributed by atoms with Gasteiger partial charge in [-0.1, -0.05) is 24.3 Å². The van der Waals surface area contributed by atoms with Crippen molar-refractivity contribution in [2.45, 2.75) is 25.4 Å². The Balaban J connectivity index is 1.64. The highest BCUT2D eigenvalue weighted by atomic mass is 79.9. The minimum atomic E-state index is -0.282. The summed E-state index contributed by atoms with van der Waals surface area (Å²) in [5.74, 6) is 0.282. The first-order valence-corrected chi connectivity index (χ1v) is 8.34. The molecule has 3 rings (SSSR count). The number of halogens is 2. The monoisotopic (exact) mass is 377 g/mol. The molecule has 23 heavy (non-hydrogen) atoms. The lowest BCUT2D eigenvalue weighted by molar-refractivity contribution is -0.134. The molecule has 0 aliphatic heterocycles. The summed E-state index contributed by atoms with van der Waals surface area (Å²) in [6, 6.07) is 14.0. The molecular weight excluding hydrogens is 361 g/mol. The van der Waals surface area contributed by atoms with Crippen molar-refractivity contribution in [1.29, 1.82) is 0 Å². The smallest absolute Gasteiger partial charge is 0.261 e. The van der Waals surface area contributed by atoms with Gasteiger partial charge < -0.3 is 9.64 Å². The Kier molecular flexibility index (Phi) is 4.96. The first kappa shape index (κ1) is 16.0. The summed E-state index contributed by atoms with van der Waals surface area (Å²) in [6.07, 6.45) is 1.99. The number of carbonyl (C=O) groups is 1. The van der Waals surface area contributed by atoms with Gasteiger partial charge in [-0.05, 0) is 58.6 Å². The van der Waals surface area contributed by atoms with Crippen LogP contribution in [0.5, 0.6) is 5.75 Å². The van der Waals surface area contributed by atoms with Gasteiger partial charge in [-0.25, -0.2) is 4.39 Å². The van der Waals surface area contributed by atoms with Gasteiger partial charge in [0.05, 0.1) is 4.47 Å². The van der Waals surface area contributed by atoms with Gasteiger partial charge in [0.15, 0.2) is 6.61 Å². The molecule has 3 nitrogen and oxygen atoms in total. The van der Waals surface area contributed by atoms with E-state index < -0.39 is 0 Å². The molecule has 1 amide bonds. The molecule has 0 N–H and O–H groups in total. The fraction of sp³-hybridized carbons (Fsp3) is 0.278.